The van der Waals surface area contributed by atoms with Crippen LogP contribution < -0.4 is 4.90 Å². The van der Waals surface area contributed by atoms with Gasteiger partial charge in [0.25, 0.3) is 0 Å². The van der Waals surface area contributed by atoms with Gasteiger partial charge >= 0.3 is 0 Å². The molecule has 0 aromatic carbocycles. The van der Waals surface area contributed by atoms with E-state index < -0.39 is 0 Å². The van der Waals surface area contributed by atoms with Crippen LogP contribution >= 0.6 is 11.6 Å². The maximum absolute atomic E-state index is 5.88. The lowest BCUT2D eigenvalue weighted by Gasteiger charge is -2.18. The summed E-state index contributed by atoms with van der Waals surface area (Å²) in [6.45, 7) is 4.88. The molecule has 0 spiro atoms. The van der Waals surface area contributed by atoms with Gasteiger partial charge in [0.15, 0.2) is 0 Å². The van der Waals surface area contributed by atoms with E-state index in [-0.39, 0.29) is 5.38 Å². The highest BCUT2D eigenvalue weighted by atomic mass is 35.5. The summed E-state index contributed by atoms with van der Waals surface area (Å²) in [4.78, 5) is 10.3. The highest BCUT2D eigenvalue weighted by Crippen LogP contribution is 2.10. The molecule has 0 saturated carbocycles. The summed E-state index contributed by atoms with van der Waals surface area (Å²) in [7, 11) is 2.01. The second-order valence-electron chi connectivity index (χ2n) is 3.51. The van der Waals surface area contributed by atoms with E-state index in [2.05, 4.69) is 14.9 Å². The maximum Gasteiger partial charge on any atom is 0.131 e. The number of nitrogens with zero attached hydrogens (tertiary/aromatic N) is 3. The van der Waals surface area contributed by atoms with E-state index in [1.807, 2.05) is 27.0 Å². The van der Waals surface area contributed by atoms with Crippen LogP contribution in [-0.4, -0.2) is 28.9 Å². The Kier molecular flexibility index (Phi) is 4.14. The molecule has 0 radical (unpaired) electrons. The van der Waals surface area contributed by atoms with E-state index in [0.29, 0.717) is 0 Å². The quantitative estimate of drug-likeness (QED) is 0.719. The van der Waals surface area contributed by atoms with Gasteiger partial charge in [-0.25, -0.2) is 9.97 Å². The van der Waals surface area contributed by atoms with Crippen LogP contribution in [0.4, 0.5) is 5.82 Å². The highest BCUT2D eigenvalue weighted by molar-refractivity contribution is 6.20. The topological polar surface area (TPSA) is 29.0 Å². The summed E-state index contributed by atoms with van der Waals surface area (Å²) >= 11 is 5.88. The Hall–Kier alpha value is -0.830. The largest absolute Gasteiger partial charge is 0.360 e. The molecule has 78 valence electrons. The van der Waals surface area contributed by atoms with Gasteiger partial charge in [-0.1, -0.05) is 0 Å². The molecular weight excluding hydrogens is 198 g/mol. The summed E-state index contributed by atoms with van der Waals surface area (Å²) in [6, 6.07) is 1.97. The van der Waals surface area contributed by atoms with Crippen molar-refractivity contribution in [2.75, 3.05) is 18.5 Å². The molecule has 0 aliphatic heterocycles. The van der Waals surface area contributed by atoms with Crippen molar-refractivity contribution < 1.29 is 0 Å². The van der Waals surface area contributed by atoms with Crippen molar-refractivity contribution in [3.05, 3.63) is 18.1 Å². The Bertz CT molecular complexity index is 288. The summed E-state index contributed by atoms with van der Waals surface area (Å²) in [5.41, 5.74) is 0.987. The first-order chi connectivity index (χ1) is 6.59. The molecule has 1 rings (SSSR count). The van der Waals surface area contributed by atoms with Crippen molar-refractivity contribution in [1.82, 2.24) is 9.97 Å². The minimum atomic E-state index is 0.209. The fourth-order valence-electron chi connectivity index (χ4n) is 1.14. The van der Waals surface area contributed by atoms with Gasteiger partial charge in [-0.15, -0.1) is 11.6 Å². The zero-order chi connectivity index (χ0) is 10.6. The molecule has 0 aliphatic rings. The lowest BCUT2D eigenvalue weighted by atomic mass is 10.3. The van der Waals surface area contributed by atoms with Crippen LogP contribution in [0.15, 0.2) is 12.4 Å². The molecule has 3 nitrogen and oxygen atoms in total. The smallest absolute Gasteiger partial charge is 0.131 e. The van der Waals surface area contributed by atoms with Gasteiger partial charge in [-0.05, 0) is 20.3 Å². The number of aryl methyl sites for hydroxylation is 1. The number of hydrogen-bond acceptors (Lipinski definition) is 3. The van der Waals surface area contributed by atoms with Crippen molar-refractivity contribution in [1.29, 1.82) is 0 Å². The first-order valence-corrected chi connectivity index (χ1v) is 5.17. The Balaban J connectivity index is 2.56. The minimum absolute atomic E-state index is 0.209. The molecule has 0 N–H and O–H groups in total. The fraction of sp³-hybridized carbons (Fsp3) is 0.600. The predicted octanol–water partition coefficient (Wildman–Crippen LogP) is 2.24. The molecule has 14 heavy (non-hydrogen) atoms. The second kappa shape index (κ2) is 5.15. The monoisotopic (exact) mass is 213 g/mol. The second-order valence-corrected chi connectivity index (χ2v) is 4.25. The van der Waals surface area contributed by atoms with Crippen molar-refractivity contribution in [2.45, 2.75) is 25.6 Å². The number of alkyl halides is 1. The number of halogens is 1. The number of rotatable bonds is 4. The molecular formula is C10H16ClN3. The Labute approximate surface area is 90.1 Å². The molecule has 0 amide bonds. The van der Waals surface area contributed by atoms with Gasteiger partial charge in [-0.2, -0.15) is 0 Å². The third kappa shape index (κ3) is 3.50. The number of hydrogen-bond donors (Lipinski definition) is 0. The van der Waals surface area contributed by atoms with Gasteiger partial charge in [0, 0.05) is 30.7 Å². The molecule has 0 fully saturated rings. The van der Waals surface area contributed by atoms with Crippen molar-refractivity contribution in [3.63, 3.8) is 0 Å². The molecule has 1 aromatic rings. The Morgan fingerprint density at radius 1 is 1.50 bits per heavy atom. The number of aromatic nitrogens is 2. The summed E-state index contributed by atoms with van der Waals surface area (Å²) in [6.07, 6.45) is 2.55. The molecule has 0 bridgehead atoms. The molecule has 1 unspecified atom stereocenters. The standard InChI is InChI=1S/C10H16ClN3/c1-8(11)4-5-14(3)10-6-9(2)12-7-13-10/h6-8H,4-5H2,1-3H3. The van der Waals surface area contributed by atoms with Crippen LogP contribution in [0.5, 0.6) is 0 Å². The normalized spacial score (nSPS) is 12.6. The third-order valence-corrected chi connectivity index (χ3v) is 2.26. The summed E-state index contributed by atoms with van der Waals surface area (Å²) < 4.78 is 0. The van der Waals surface area contributed by atoms with E-state index in [9.17, 15) is 0 Å². The van der Waals surface area contributed by atoms with Crippen LogP contribution in [0, 0.1) is 6.92 Å². The first kappa shape index (κ1) is 11.2. The fourth-order valence-corrected chi connectivity index (χ4v) is 1.23. The van der Waals surface area contributed by atoms with Gasteiger partial charge < -0.3 is 4.90 Å². The van der Waals surface area contributed by atoms with E-state index in [4.69, 9.17) is 11.6 Å². The van der Waals surface area contributed by atoms with E-state index in [1.165, 1.54) is 0 Å². The lowest BCUT2D eigenvalue weighted by Crippen LogP contribution is -2.21. The van der Waals surface area contributed by atoms with E-state index in [1.54, 1.807) is 6.33 Å². The van der Waals surface area contributed by atoms with Gasteiger partial charge in [0.2, 0.25) is 0 Å². The van der Waals surface area contributed by atoms with Crippen LogP contribution in [-0.2, 0) is 0 Å². The molecule has 0 aliphatic carbocycles. The molecule has 1 heterocycles. The molecule has 1 aromatic heterocycles. The van der Waals surface area contributed by atoms with Gasteiger partial charge in [0.1, 0.15) is 12.1 Å². The zero-order valence-corrected chi connectivity index (χ0v) is 9.62. The van der Waals surface area contributed by atoms with Crippen LogP contribution in [0.25, 0.3) is 0 Å². The van der Waals surface area contributed by atoms with Crippen LogP contribution in [0.1, 0.15) is 19.0 Å². The van der Waals surface area contributed by atoms with Crippen LogP contribution in [0.3, 0.4) is 0 Å². The Morgan fingerprint density at radius 2 is 2.21 bits per heavy atom. The molecule has 1 atom stereocenters. The molecule has 4 heteroatoms. The van der Waals surface area contributed by atoms with Crippen LogP contribution in [0.2, 0.25) is 0 Å². The average molecular weight is 214 g/mol. The predicted molar refractivity (Wildman–Crippen MR) is 60.0 cm³/mol. The first-order valence-electron chi connectivity index (χ1n) is 4.73. The lowest BCUT2D eigenvalue weighted by molar-refractivity contribution is 0.763. The van der Waals surface area contributed by atoms with Crippen molar-refractivity contribution >= 4 is 17.4 Å². The maximum atomic E-state index is 5.88. The van der Waals surface area contributed by atoms with Gasteiger partial charge in [0.05, 0.1) is 0 Å². The van der Waals surface area contributed by atoms with E-state index >= 15 is 0 Å². The van der Waals surface area contributed by atoms with Crippen molar-refractivity contribution in [3.8, 4) is 0 Å². The minimum Gasteiger partial charge on any atom is -0.360 e. The molecule has 0 saturated heterocycles. The summed E-state index contributed by atoms with van der Waals surface area (Å²) in [5, 5.41) is 0.209. The SMILES string of the molecule is Cc1cc(N(C)CCC(C)Cl)ncn1. The zero-order valence-electron chi connectivity index (χ0n) is 8.87. The Morgan fingerprint density at radius 3 is 2.79 bits per heavy atom. The number of anilines is 1. The third-order valence-electron chi connectivity index (χ3n) is 2.04. The van der Waals surface area contributed by atoms with E-state index in [0.717, 1.165) is 24.5 Å². The summed E-state index contributed by atoms with van der Waals surface area (Å²) in [5.74, 6) is 0.954. The van der Waals surface area contributed by atoms with Gasteiger partial charge in [-0.3, -0.25) is 0 Å². The van der Waals surface area contributed by atoms with Crippen molar-refractivity contribution in [2.24, 2.45) is 0 Å². The highest BCUT2D eigenvalue weighted by Gasteiger charge is 2.04. The average Bonchev–Trinajstić information content (AvgIpc) is 2.14.